The van der Waals surface area contributed by atoms with E-state index in [4.69, 9.17) is 5.73 Å². The van der Waals surface area contributed by atoms with Gasteiger partial charge in [-0.05, 0) is 38.6 Å². The van der Waals surface area contributed by atoms with Crippen molar-refractivity contribution in [3.8, 4) is 0 Å². The van der Waals surface area contributed by atoms with Crippen LogP contribution in [0.3, 0.4) is 0 Å². The van der Waals surface area contributed by atoms with E-state index in [1.807, 2.05) is 0 Å². The molecular weight excluding hydrogens is 164 g/mol. The Labute approximate surface area is 79.9 Å². The normalized spacial score (nSPS) is 37.4. The summed E-state index contributed by atoms with van der Waals surface area (Å²) in [6.45, 7) is 2.62. The van der Waals surface area contributed by atoms with E-state index in [0.29, 0.717) is 6.54 Å². The second kappa shape index (κ2) is 3.56. The number of likely N-dealkylation sites (tertiary alicyclic amines) is 1. The summed E-state index contributed by atoms with van der Waals surface area (Å²) in [6, 6.07) is 0.833. The van der Waals surface area contributed by atoms with Gasteiger partial charge in [0.05, 0.1) is 5.60 Å². The van der Waals surface area contributed by atoms with Crippen LogP contribution in [0.2, 0.25) is 0 Å². The molecule has 0 amide bonds. The zero-order valence-electron chi connectivity index (χ0n) is 8.21. The third-order valence-corrected chi connectivity index (χ3v) is 3.40. The molecule has 1 aliphatic heterocycles. The zero-order chi connectivity index (χ0) is 9.31. The summed E-state index contributed by atoms with van der Waals surface area (Å²) in [5.41, 5.74) is 5.01. The molecular formula is C10H20N2O. The minimum Gasteiger partial charge on any atom is -0.389 e. The van der Waals surface area contributed by atoms with Crippen molar-refractivity contribution in [1.82, 2.24) is 4.90 Å². The molecule has 0 radical (unpaired) electrons. The highest BCUT2D eigenvalue weighted by Crippen LogP contribution is 2.31. The van der Waals surface area contributed by atoms with E-state index in [2.05, 4.69) is 4.90 Å². The molecule has 3 N–H and O–H groups in total. The number of nitrogens with zero attached hydrogens (tertiary/aromatic N) is 1. The van der Waals surface area contributed by atoms with E-state index in [0.717, 1.165) is 38.4 Å². The van der Waals surface area contributed by atoms with Gasteiger partial charge in [-0.3, -0.25) is 0 Å². The lowest BCUT2D eigenvalue weighted by molar-refractivity contribution is 0.0340. The maximum Gasteiger partial charge on any atom is 0.0782 e. The number of nitrogens with two attached hydrogens (primary N) is 1. The third kappa shape index (κ3) is 2.22. The average molecular weight is 184 g/mol. The largest absolute Gasteiger partial charge is 0.389 e. The van der Waals surface area contributed by atoms with Crippen molar-refractivity contribution in [2.24, 2.45) is 5.73 Å². The number of rotatable bonds is 2. The summed E-state index contributed by atoms with van der Waals surface area (Å²) < 4.78 is 0. The van der Waals surface area contributed by atoms with Gasteiger partial charge in [0.1, 0.15) is 0 Å². The van der Waals surface area contributed by atoms with Gasteiger partial charge in [0.2, 0.25) is 0 Å². The van der Waals surface area contributed by atoms with Crippen LogP contribution in [0.25, 0.3) is 0 Å². The van der Waals surface area contributed by atoms with Crippen molar-refractivity contribution < 1.29 is 5.11 Å². The summed E-state index contributed by atoms with van der Waals surface area (Å²) in [6.07, 6.45) is 5.57. The summed E-state index contributed by atoms with van der Waals surface area (Å²) in [4.78, 5) is 2.52. The van der Waals surface area contributed by atoms with E-state index in [1.54, 1.807) is 0 Å². The highest BCUT2D eigenvalue weighted by molar-refractivity contribution is 4.90. The van der Waals surface area contributed by atoms with Gasteiger partial charge in [-0.1, -0.05) is 0 Å². The Bertz CT molecular complexity index is 182. The fraction of sp³-hybridized carbons (Fsp3) is 1.00. The smallest absolute Gasteiger partial charge is 0.0782 e. The predicted molar refractivity (Wildman–Crippen MR) is 52.5 cm³/mol. The first-order valence-corrected chi connectivity index (χ1v) is 5.40. The van der Waals surface area contributed by atoms with Crippen molar-refractivity contribution in [3.05, 3.63) is 0 Å². The van der Waals surface area contributed by atoms with Gasteiger partial charge in [0.25, 0.3) is 0 Å². The lowest BCUT2D eigenvalue weighted by Crippen LogP contribution is -2.38. The molecule has 3 nitrogen and oxygen atoms in total. The molecule has 1 aliphatic carbocycles. The Balaban J connectivity index is 1.88. The van der Waals surface area contributed by atoms with Gasteiger partial charge in [0, 0.05) is 19.1 Å². The number of aliphatic hydroxyl groups is 1. The Morgan fingerprint density at radius 2 is 2.08 bits per heavy atom. The maximum absolute atomic E-state index is 10.0. The lowest BCUT2D eigenvalue weighted by atomic mass is 9.95. The van der Waals surface area contributed by atoms with Crippen LogP contribution in [0, 0.1) is 0 Å². The van der Waals surface area contributed by atoms with Gasteiger partial charge in [0.15, 0.2) is 0 Å². The first-order chi connectivity index (χ1) is 6.23. The van der Waals surface area contributed by atoms with Crippen LogP contribution in [-0.2, 0) is 0 Å². The highest BCUT2D eigenvalue weighted by atomic mass is 16.3. The molecule has 0 aromatic rings. The lowest BCUT2D eigenvalue weighted by Gasteiger charge is -2.24. The van der Waals surface area contributed by atoms with Crippen LogP contribution in [0.1, 0.15) is 32.1 Å². The van der Waals surface area contributed by atoms with Crippen molar-refractivity contribution >= 4 is 0 Å². The standard InChI is InChI=1S/C10H20N2O/c11-8-10(13)4-1-6-12(7-5-10)9-2-3-9/h9,13H,1-8,11H2. The van der Waals surface area contributed by atoms with Crippen LogP contribution >= 0.6 is 0 Å². The van der Waals surface area contributed by atoms with Crippen molar-refractivity contribution in [2.75, 3.05) is 19.6 Å². The number of hydrogen-bond acceptors (Lipinski definition) is 3. The zero-order valence-corrected chi connectivity index (χ0v) is 8.21. The van der Waals surface area contributed by atoms with E-state index >= 15 is 0 Å². The molecule has 0 spiro atoms. The molecule has 1 atom stereocenters. The summed E-state index contributed by atoms with van der Waals surface area (Å²) in [5, 5.41) is 10.0. The molecule has 2 aliphatic rings. The monoisotopic (exact) mass is 184 g/mol. The van der Waals surface area contributed by atoms with E-state index in [-0.39, 0.29) is 0 Å². The van der Waals surface area contributed by atoms with Crippen molar-refractivity contribution in [1.29, 1.82) is 0 Å². The molecule has 2 fully saturated rings. The first kappa shape index (κ1) is 9.44. The molecule has 13 heavy (non-hydrogen) atoms. The Morgan fingerprint density at radius 1 is 1.31 bits per heavy atom. The fourth-order valence-electron chi connectivity index (χ4n) is 2.21. The van der Waals surface area contributed by atoms with Crippen LogP contribution in [-0.4, -0.2) is 41.3 Å². The van der Waals surface area contributed by atoms with Gasteiger partial charge in [-0.2, -0.15) is 0 Å². The van der Waals surface area contributed by atoms with Crippen molar-refractivity contribution in [3.63, 3.8) is 0 Å². The average Bonchev–Trinajstić information content (AvgIpc) is 2.91. The van der Waals surface area contributed by atoms with E-state index < -0.39 is 5.60 Å². The van der Waals surface area contributed by atoms with Gasteiger partial charge >= 0.3 is 0 Å². The summed E-state index contributed by atoms with van der Waals surface area (Å²) >= 11 is 0. The minimum atomic E-state index is -0.566. The van der Waals surface area contributed by atoms with Gasteiger partial charge in [-0.25, -0.2) is 0 Å². The maximum atomic E-state index is 10.0. The first-order valence-electron chi connectivity index (χ1n) is 5.40. The Morgan fingerprint density at radius 3 is 2.69 bits per heavy atom. The molecule has 1 saturated heterocycles. The molecule has 3 heteroatoms. The molecule has 1 heterocycles. The van der Waals surface area contributed by atoms with Crippen LogP contribution in [0.15, 0.2) is 0 Å². The summed E-state index contributed by atoms with van der Waals surface area (Å²) in [7, 11) is 0. The van der Waals surface area contributed by atoms with Crippen molar-refractivity contribution in [2.45, 2.75) is 43.7 Å². The van der Waals surface area contributed by atoms with E-state index in [1.165, 1.54) is 12.8 Å². The predicted octanol–water partition coefficient (Wildman–Crippen LogP) is 0.324. The second-order valence-corrected chi connectivity index (χ2v) is 4.55. The second-order valence-electron chi connectivity index (χ2n) is 4.55. The topological polar surface area (TPSA) is 49.5 Å². The Kier molecular flexibility index (Phi) is 2.58. The quantitative estimate of drug-likeness (QED) is 0.650. The third-order valence-electron chi connectivity index (χ3n) is 3.40. The molecule has 2 rings (SSSR count). The molecule has 76 valence electrons. The fourth-order valence-corrected chi connectivity index (χ4v) is 2.21. The SMILES string of the molecule is NCC1(O)CCCN(C2CC2)CC1. The van der Waals surface area contributed by atoms with Gasteiger partial charge < -0.3 is 15.7 Å². The Hall–Kier alpha value is -0.120. The molecule has 1 unspecified atom stereocenters. The van der Waals surface area contributed by atoms with E-state index in [9.17, 15) is 5.11 Å². The minimum absolute atomic E-state index is 0.422. The summed E-state index contributed by atoms with van der Waals surface area (Å²) in [5.74, 6) is 0. The van der Waals surface area contributed by atoms with Gasteiger partial charge in [-0.15, -0.1) is 0 Å². The molecule has 0 aromatic heterocycles. The molecule has 0 bridgehead atoms. The highest BCUT2D eigenvalue weighted by Gasteiger charge is 2.34. The van der Waals surface area contributed by atoms with Crippen LogP contribution in [0.4, 0.5) is 0 Å². The van der Waals surface area contributed by atoms with Crippen LogP contribution < -0.4 is 5.73 Å². The molecule has 1 saturated carbocycles. The van der Waals surface area contributed by atoms with Crippen LogP contribution in [0.5, 0.6) is 0 Å². The number of hydrogen-bond donors (Lipinski definition) is 2. The molecule has 0 aromatic carbocycles.